The van der Waals surface area contributed by atoms with Crippen molar-refractivity contribution in [1.82, 2.24) is 0 Å². The zero-order valence-corrected chi connectivity index (χ0v) is 9.63. The van der Waals surface area contributed by atoms with Gasteiger partial charge in [0.25, 0.3) is 6.26 Å². The highest BCUT2D eigenvalue weighted by Crippen LogP contribution is 2.25. The fraction of sp³-hybridized carbons (Fsp3) is 0.133. The number of hydrogen-bond acceptors (Lipinski definition) is 2. The van der Waals surface area contributed by atoms with Gasteiger partial charge < -0.3 is 4.74 Å². The summed E-state index contributed by atoms with van der Waals surface area (Å²) in [4.78, 5) is 0. The Kier molecular flexibility index (Phi) is 3.42. The first-order valence-electron chi connectivity index (χ1n) is 5.52. The number of nitriles is 1. The zero-order chi connectivity index (χ0) is 12.1. The molecule has 2 nitrogen and oxygen atoms in total. The van der Waals surface area contributed by atoms with Crippen LogP contribution in [0, 0.1) is 11.5 Å². The topological polar surface area (TPSA) is 33.0 Å². The first-order chi connectivity index (χ1) is 8.31. The molecule has 2 heteroatoms. The van der Waals surface area contributed by atoms with Crippen LogP contribution in [0.25, 0.3) is 0 Å². The Morgan fingerprint density at radius 2 is 1.53 bits per heavy atom. The highest BCUT2D eigenvalue weighted by atomic mass is 16.5. The van der Waals surface area contributed by atoms with E-state index >= 15 is 0 Å². The van der Waals surface area contributed by atoms with Crippen LogP contribution < -0.4 is 4.74 Å². The molecular weight excluding hydrogens is 210 g/mol. The molecule has 0 amide bonds. The Morgan fingerprint density at radius 3 is 2.12 bits per heavy atom. The number of benzene rings is 2. The predicted molar refractivity (Wildman–Crippen MR) is 66.6 cm³/mol. The maximum Gasteiger partial charge on any atom is 0.292 e. The van der Waals surface area contributed by atoms with E-state index in [9.17, 15) is 0 Å². The molecule has 0 fully saturated rings. The molecule has 0 bridgehead atoms. The van der Waals surface area contributed by atoms with E-state index in [0.717, 1.165) is 0 Å². The minimum absolute atomic E-state index is 0.340. The molecule has 0 aliphatic heterocycles. The third kappa shape index (κ3) is 2.64. The number of ether oxygens (including phenoxy) is 1. The normalized spacial score (nSPS) is 11.5. The minimum Gasteiger partial charge on any atom is -0.388 e. The Bertz CT molecular complexity index is 511. The third-order valence-corrected chi connectivity index (χ3v) is 2.84. The van der Waals surface area contributed by atoms with E-state index in [2.05, 4.69) is 19.1 Å². The first kappa shape index (κ1) is 11.2. The first-order valence-corrected chi connectivity index (χ1v) is 5.52. The SMILES string of the molecule is CC(c1ccccc1)c1ccc(OC#N)cc1. The summed E-state index contributed by atoms with van der Waals surface area (Å²) in [6, 6.07) is 17.9. The lowest BCUT2D eigenvalue weighted by molar-refractivity contribution is 0.507. The van der Waals surface area contributed by atoms with Crippen molar-refractivity contribution >= 4 is 0 Å². The monoisotopic (exact) mass is 223 g/mol. The molecule has 0 saturated carbocycles. The summed E-state index contributed by atoms with van der Waals surface area (Å²) in [6.45, 7) is 2.16. The summed E-state index contributed by atoms with van der Waals surface area (Å²) in [5, 5.41) is 8.40. The van der Waals surface area contributed by atoms with Gasteiger partial charge in [0, 0.05) is 5.92 Å². The molecule has 1 atom stereocenters. The maximum atomic E-state index is 8.40. The van der Waals surface area contributed by atoms with Crippen molar-refractivity contribution in [3.63, 3.8) is 0 Å². The third-order valence-electron chi connectivity index (χ3n) is 2.84. The molecule has 1 unspecified atom stereocenters. The quantitative estimate of drug-likeness (QED) is 0.743. The lowest BCUT2D eigenvalue weighted by Crippen LogP contribution is -1.95. The van der Waals surface area contributed by atoms with Gasteiger partial charge in [0.2, 0.25) is 0 Å². The molecule has 0 saturated heterocycles. The van der Waals surface area contributed by atoms with Crippen molar-refractivity contribution < 1.29 is 4.74 Å². The largest absolute Gasteiger partial charge is 0.388 e. The van der Waals surface area contributed by atoms with Gasteiger partial charge >= 0.3 is 0 Å². The molecule has 2 aromatic rings. The van der Waals surface area contributed by atoms with Gasteiger partial charge in [0.05, 0.1) is 0 Å². The average Bonchev–Trinajstić information content (AvgIpc) is 2.40. The van der Waals surface area contributed by atoms with Gasteiger partial charge in [0.1, 0.15) is 5.75 Å². The molecule has 0 N–H and O–H groups in total. The van der Waals surface area contributed by atoms with Crippen molar-refractivity contribution in [3.8, 4) is 12.0 Å². The van der Waals surface area contributed by atoms with Crippen molar-refractivity contribution in [2.24, 2.45) is 0 Å². The van der Waals surface area contributed by atoms with Gasteiger partial charge in [-0.3, -0.25) is 0 Å². The van der Waals surface area contributed by atoms with E-state index in [1.165, 1.54) is 11.1 Å². The summed E-state index contributed by atoms with van der Waals surface area (Å²) in [5.41, 5.74) is 2.49. The van der Waals surface area contributed by atoms with Crippen LogP contribution in [0.3, 0.4) is 0 Å². The molecule has 0 aliphatic rings. The smallest absolute Gasteiger partial charge is 0.292 e. The maximum absolute atomic E-state index is 8.40. The lowest BCUT2D eigenvalue weighted by Gasteiger charge is -2.12. The van der Waals surface area contributed by atoms with Crippen LogP contribution >= 0.6 is 0 Å². The average molecular weight is 223 g/mol. The molecule has 0 aromatic heterocycles. The highest BCUT2D eigenvalue weighted by molar-refractivity contribution is 5.35. The van der Waals surface area contributed by atoms with E-state index in [1.54, 1.807) is 6.26 Å². The molecular formula is C15H13NO. The van der Waals surface area contributed by atoms with E-state index < -0.39 is 0 Å². The molecule has 2 aromatic carbocycles. The van der Waals surface area contributed by atoms with E-state index in [1.807, 2.05) is 42.5 Å². The van der Waals surface area contributed by atoms with Crippen LogP contribution in [0.15, 0.2) is 54.6 Å². The molecule has 17 heavy (non-hydrogen) atoms. The van der Waals surface area contributed by atoms with Crippen LogP contribution in [0.5, 0.6) is 5.75 Å². The Hall–Kier alpha value is -2.27. The Morgan fingerprint density at radius 1 is 0.941 bits per heavy atom. The Labute approximate surface area is 101 Å². The second kappa shape index (κ2) is 5.18. The summed E-state index contributed by atoms with van der Waals surface area (Å²) < 4.78 is 4.75. The van der Waals surface area contributed by atoms with Gasteiger partial charge in [0.15, 0.2) is 0 Å². The summed E-state index contributed by atoms with van der Waals surface area (Å²) in [5.74, 6) is 0.920. The predicted octanol–water partition coefficient (Wildman–Crippen LogP) is 3.70. The van der Waals surface area contributed by atoms with Crippen molar-refractivity contribution in [2.45, 2.75) is 12.8 Å². The standard InChI is InChI=1S/C15H13NO/c1-12(13-5-3-2-4-6-13)14-7-9-15(10-8-14)17-11-16/h2-10,12H,1H3. The van der Waals surface area contributed by atoms with E-state index in [4.69, 9.17) is 10.00 Å². The molecule has 0 heterocycles. The second-order valence-corrected chi connectivity index (χ2v) is 3.89. The number of rotatable bonds is 3. The van der Waals surface area contributed by atoms with Crippen LogP contribution in [-0.4, -0.2) is 0 Å². The molecule has 84 valence electrons. The second-order valence-electron chi connectivity index (χ2n) is 3.89. The van der Waals surface area contributed by atoms with E-state index in [0.29, 0.717) is 11.7 Å². The van der Waals surface area contributed by atoms with Gasteiger partial charge in [-0.25, -0.2) is 0 Å². The zero-order valence-electron chi connectivity index (χ0n) is 9.63. The van der Waals surface area contributed by atoms with Crippen LogP contribution in [0.1, 0.15) is 24.0 Å². The summed E-state index contributed by atoms with van der Waals surface area (Å²) in [7, 11) is 0. The lowest BCUT2D eigenvalue weighted by atomic mass is 9.93. The summed E-state index contributed by atoms with van der Waals surface area (Å²) >= 11 is 0. The number of nitrogens with zero attached hydrogens (tertiary/aromatic N) is 1. The van der Waals surface area contributed by atoms with E-state index in [-0.39, 0.29) is 0 Å². The van der Waals surface area contributed by atoms with Gasteiger partial charge in [-0.15, -0.1) is 5.26 Å². The Balaban J connectivity index is 2.21. The molecule has 0 radical (unpaired) electrons. The fourth-order valence-electron chi connectivity index (χ4n) is 1.81. The van der Waals surface area contributed by atoms with Gasteiger partial charge in [-0.2, -0.15) is 0 Å². The fourth-order valence-corrected chi connectivity index (χ4v) is 1.81. The molecule has 2 rings (SSSR count). The minimum atomic E-state index is 0.340. The molecule has 0 aliphatic carbocycles. The summed E-state index contributed by atoms with van der Waals surface area (Å²) in [6.07, 6.45) is 1.66. The van der Waals surface area contributed by atoms with Crippen LogP contribution in [-0.2, 0) is 0 Å². The van der Waals surface area contributed by atoms with Crippen LogP contribution in [0.2, 0.25) is 0 Å². The van der Waals surface area contributed by atoms with Gasteiger partial charge in [-0.05, 0) is 23.3 Å². The van der Waals surface area contributed by atoms with Gasteiger partial charge in [-0.1, -0.05) is 49.4 Å². The number of hydrogen-bond donors (Lipinski definition) is 0. The molecule has 0 spiro atoms. The van der Waals surface area contributed by atoms with Crippen molar-refractivity contribution in [2.75, 3.05) is 0 Å². The van der Waals surface area contributed by atoms with Crippen molar-refractivity contribution in [3.05, 3.63) is 65.7 Å². The highest BCUT2D eigenvalue weighted by Gasteiger charge is 2.07. The van der Waals surface area contributed by atoms with Crippen molar-refractivity contribution in [1.29, 1.82) is 5.26 Å². The van der Waals surface area contributed by atoms with Crippen LogP contribution in [0.4, 0.5) is 0 Å².